The normalized spacial score (nSPS) is 13.0. The summed E-state index contributed by atoms with van der Waals surface area (Å²) in [5.74, 6) is 1.32. The van der Waals surface area contributed by atoms with Gasteiger partial charge in [0, 0.05) is 17.3 Å². The van der Waals surface area contributed by atoms with Gasteiger partial charge in [0.15, 0.2) is 0 Å². The molecule has 26 heavy (non-hydrogen) atoms. The molecule has 1 aliphatic heterocycles. The summed E-state index contributed by atoms with van der Waals surface area (Å²) in [6.07, 6.45) is 1.55. The van der Waals surface area contributed by atoms with Crippen LogP contribution in [-0.2, 0) is 19.7 Å². The Morgan fingerprint density at radius 3 is 2.23 bits per heavy atom. The number of carbonyl (C=O) groups is 1. The standard InChI is InChI=1S/C21H18N2O3/c24-14-15-9-10-22-18(11-15)21(25)23-12-16-5-1-3-7-19(16)26-20-8-4-2-6-17(20)13-23/h1-11,24H,12-14H2. The van der Waals surface area contributed by atoms with Gasteiger partial charge in [-0.25, -0.2) is 0 Å². The van der Waals surface area contributed by atoms with E-state index in [0.717, 1.165) is 22.6 Å². The van der Waals surface area contributed by atoms with Gasteiger partial charge in [-0.15, -0.1) is 0 Å². The number of ether oxygens (including phenoxy) is 1. The molecule has 1 N–H and O–H groups in total. The molecule has 1 amide bonds. The van der Waals surface area contributed by atoms with Crippen molar-refractivity contribution in [1.29, 1.82) is 0 Å². The van der Waals surface area contributed by atoms with Gasteiger partial charge in [0.05, 0.1) is 19.7 Å². The minimum absolute atomic E-state index is 0.123. The predicted molar refractivity (Wildman–Crippen MR) is 96.7 cm³/mol. The van der Waals surface area contributed by atoms with Crippen LogP contribution in [0.4, 0.5) is 0 Å². The molecule has 0 saturated carbocycles. The number of hydrogen-bond acceptors (Lipinski definition) is 4. The summed E-state index contributed by atoms with van der Waals surface area (Å²) in [6, 6.07) is 18.8. The van der Waals surface area contributed by atoms with E-state index in [-0.39, 0.29) is 12.5 Å². The van der Waals surface area contributed by atoms with Crippen LogP contribution in [0.1, 0.15) is 27.2 Å². The lowest BCUT2D eigenvalue weighted by Crippen LogP contribution is -2.32. The fourth-order valence-electron chi connectivity index (χ4n) is 3.05. The average molecular weight is 346 g/mol. The van der Waals surface area contributed by atoms with Crippen LogP contribution in [0.5, 0.6) is 11.5 Å². The van der Waals surface area contributed by atoms with Crippen molar-refractivity contribution in [2.45, 2.75) is 19.7 Å². The molecule has 5 nitrogen and oxygen atoms in total. The quantitative estimate of drug-likeness (QED) is 0.771. The first-order chi connectivity index (χ1) is 12.7. The van der Waals surface area contributed by atoms with E-state index in [4.69, 9.17) is 4.74 Å². The van der Waals surface area contributed by atoms with Crippen LogP contribution in [0.3, 0.4) is 0 Å². The largest absolute Gasteiger partial charge is 0.457 e. The van der Waals surface area contributed by atoms with Crippen molar-refractivity contribution in [1.82, 2.24) is 9.88 Å². The van der Waals surface area contributed by atoms with E-state index >= 15 is 0 Å². The number of aliphatic hydroxyl groups excluding tert-OH is 1. The number of rotatable bonds is 2. The van der Waals surface area contributed by atoms with Crippen molar-refractivity contribution >= 4 is 5.91 Å². The number of benzene rings is 2. The van der Waals surface area contributed by atoms with Gasteiger partial charge < -0.3 is 14.7 Å². The molecule has 0 radical (unpaired) electrons. The zero-order valence-corrected chi connectivity index (χ0v) is 14.1. The molecule has 130 valence electrons. The maximum Gasteiger partial charge on any atom is 0.273 e. The minimum Gasteiger partial charge on any atom is -0.457 e. The number of hydrogen-bond donors (Lipinski definition) is 1. The summed E-state index contributed by atoms with van der Waals surface area (Å²) in [7, 11) is 0. The molecule has 0 spiro atoms. The zero-order chi connectivity index (χ0) is 17.9. The number of aliphatic hydroxyl groups is 1. The highest BCUT2D eigenvalue weighted by Crippen LogP contribution is 2.33. The van der Waals surface area contributed by atoms with Crippen molar-refractivity contribution in [2.24, 2.45) is 0 Å². The lowest BCUT2D eigenvalue weighted by molar-refractivity contribution is 0.0719. The summed E-state index contributed by atoms with van der Waals surface area (Å²) in [4.78, 5) is 19.0. The fourth-order valence-corrected chi connectivity index (χ4v) is 3.05. The Hall–Kier alpha value is -3.18. The van der Waals surface area contributed by atoms with Crippen LogP contribution in [0.15, 0.2) is 66.9 Å². The van der Waals surface area contributed by atoms with E-state index in [2.05, 4.69) is 4.98 Å². The Labute approximate surface area is 151 Å². The van der Waals surface area contributed by atoms with E-state index in [1.165, 1.54) is 0 Å². The topological polar surface area (TPSA) is 62.7 Å². The molecule has 5 heteroatoms. The maximum absolute atomic E-state index is 13.1. The predicted octanol–water partition coefficient (Wildman–Crippen LogP) is 3.52. The smallest absolute Gasteiger partial charge is 0.273 e. The third-order valence-corrected chi connectivity index (χ3v) is 4.40. The van der Waals surface area contributed by atoms with E-state index in [9.17, 15) is 9.90 Å². The molecule has 1 aromatic heterocycles. The number of pyridine rings is 1. The fraction of sp³-hybridized carbons (Fsp3) is 0.143. The molecule has 0 saturated heterocycles. The van der Waals surface area contributed by atoms with E-state index in [1.54, 1.807) is 23.2 Å². The molecule has 2 heterocycles. The molecule has 0 fully saturated rings. The van der Waals surface area contributed by atoms with Gasteiger partial charge in [-0.3, -0.25) is 9.78 Å². The molecule has 4 rings (SSSR count). The van der Waals surface area contributed by atoms with Gasteiger partial charge in [0.2, 0.25) is 0 Å². The second-order valence-corrected chi connectivity index (χ2v) is 6.19. The highest BCUT2D eigenvalue weighted by molar-refractivity contribution is 5.92. The molecular weight excluding hydrogens is 328 g/mol. The lowest BCUT2D eigenvalue weighted by atomic mass is 10.1. The van der Waals surface area contributed by atoms with Crippen molar-refractivity contribution in [3.05, 3.63) is 89.2 Å². The van der Waals surface area contributed by atoms with Gasteiger partial charge in [-0.2, -0.15) is 0 Å². The van der Waals surface area contributed by atoms with Gasteiger partial charge in [0.25, 0.3) is 5.91 Å². The van der Waals surface area contributed by atoms with Crippen LogP contribution < -0.4 is 4.74 Å². The minimum atomic E-state index is -0.174. The van der Waals surface area contributed by atoms with Crippen LogP contribution in [0.25, 0.3) is 0 Å². The molecular formula is C21H18N2O3. The highest BCUT2D eigenvalue weighted by Gasteiger charge is 2.23. The number of fused-ring (bicyclic) bond motifs is 2. The molecule has 3 aromatic rings. The Balaban J connectivity index is 1.75. The summed E-state index contributed by atoms with van der Waals surface area (Å²) >= 11 is 0. The summed E-state index contributed by atoms with van der Waals surface area (Å²) < 4.78 is 6.07. The van der Waals surface area contributed by atoms with Gasteiger partial charge in [-0.05, 0) is 29.8 Å². The highest BCUT2D eigenvalue weighted by atomic mass is 16.5. The molecule has 0 unspecified atom stereocenters. The third kappa shape index (κ3) is 3.17. The third-order valence-electron chi connectivity index (χ3n) is 4.40. The van der Waals surface area contributed by atoms with Gasteiger partial charge >= 0.3 is 0 Å². The first-order valence-corrected chi connectivity index (χ1v) is 8.43. The molecule has 0 aliphatic carbocycles. The number of nitrogens with zero attached hydrogens (tertiary/aromatic N) is 2. The van der Waals surface area contributed by atoms with Crippen LogP contribution in [0.2, 0.25) is 0 Å². The number of para-hydroxylation sites is 2. The van der Waals surface area contributed by atoms with E-state index in [0.29, 0.717) is 24.3 Å². The molecule has 0 atom stereocenters. The van der Waals surface area contributed by atoms with Crippen molar-refractivity contribution < 1.29 is 14.6 Å². The summed E-state index contributed by atoms with van der Waals surface area (Å²) in [5, 5.41) is 9.33. The SMILES string of the molecule is O=C(c1cc(CO)ccn1)N1Cc2ccccc2Oc2ccccc2C1. The van der Waals surface area contributed by atoms with Crippen LogP contribution in [-0.4, -0.2) is 20.9 Å². The first kappa shape index (κ1) is 16.3. The Bertz CT molecular complexity index is 908. The molecule has 1 aliphatic rings. The number of aromatic nitrogens is 1. The van der Waals surface area contributed by atoms with Crippen molar-refractivity contribution in [3.63, 3.8) is 0 Å². The molecule has 2 aromatic carbocycles. The summed E-state index contributed by atoms with van der Waals surface area (Å²) in [6.45, 7) is 0.727. The molecule has 0 bridgehead atoms. The average Bonchev–Trinajstić information content (AvgIpc) is 2.67. The zero-order valence-electron chi connectivity index (χ0n) is 14.1. The Morgan fingerprint density at radius 2 is 1.62 bits per heavy atom. The van der Waals surface area contributed by atoms with Gasteiger partial charge in [0.1, 0.15) is 17.2 Å². The monoisotopic (exact) mass is 346 g/mol. The summed E-state index contributed by atoms with van der Waals surface area (Å²) in [5.41, 5.74) is 2.87. The second-order valence-electron chi connectivity index (χ2n) is 6.19. The van der Waals surface area contributed by atoms with Crippen molar-refractivity contribution in [3.8, 4) is 11.5 Å². The van der Waals surface area contributed by atoms with Crippen molar-refractivity contribution in [2.75, 3.05) is 0 Å². The lowest BCUT2D eigenvalue weighted by Gasteiger charge is -2.27. The maximum atomic E-state index is 13.1. The number of carbonyl (C=O) groups excluding carboxylic acids is 1. The van der Waals surface area contributed by atoms with Crippen LogP contribution >= 0.6 is 0 Å². The second kappa shape index (κ2) is 6.98. The van der Waals surface area contributed by atoms with Crippen LogP contribution in [0, 0.1) is 0 Å². The van der Waals surface area contributed by atoms with E-state index in [1.807, 2.05) is 48.5 Å². The number of amides is 1. The van der Waals surface area contributed by atoms with Gasteiger partial charge in [-0.1, -0.05) is 36.4 Å². The van der Waals surface area contributed by atoms with E-state index < -0.39 is 0 Å². The Kier molecular flexibility index (Phi) is 4.37. The first-order valence-electron chi connectivity index (χ1n) is 8.43. The Morgan fingerprint density at radius 1 is 1.00 bits per heavy atom.